The Kier molecular flexibility index (Phi) is 3.96. The van der Waals surface area contributed by atoms with E-state index in [-0.39, 0.29) is 5.82 Å². The van der Waals surface area contributed by atoms with Gasteiger partial charge in [0, 0.05) is 22.9 Å². The Hall–Kier alpha value is -2.73. The molecule has 0 aliphatic heterocycles. The molecule has 0 saturated heterocycles. The molecule has 0 bridgehead atoms. The van der Waals surface area contributed by atoms with E-state index in [0.717, 1.165) is 22.0 Å². The summed E-state index contributed by atoms with van der Waals surface area (Å²) in [4.78, 5) is 4.34. The van der Waals surface area contributed by atoms with Crippen molar-refractivity contribution < 1.29 is 8.81 Å². The van der Waals surface area contributed by atoms with E-state index in [2.05, 4.69) is 15.2 Å². The van der Waals surface area contributed by atoms with Crippen molar-refractivity contribution in [2.45, 2.75) is 11.0 Å². The minimum absolute atomic E-state index is 0.276. The van der Waals surface area contributed by atoms with Crippen LogP contribution in [0.3, 0.4) is 0 Å². The first-order chi connectivity index (χ1) is 11.8. The Bertz CT molecular complexity index is 988. The molecule has 0 N–H and O–H groups in total. The van der Waals surface area contributed by atoms with Gasteiger partial charge in [-0.15, -0.1) is 10.2 Å². The minimum atomic E-state index is -0.276. The highest BCUT2D eigenvalue weighted by molar-refractivity contribution is 7.98. The van der Waals surface area contributed by atoms with Gasteiger partial charge in [-0.3, -0.25) is 4.98 Å². The van der Waals surface area contributed by atoms with Crippen LogP contribution in [0.25, 0.3) is 22.4 Å². The lowest BCUT2D eigenvalue weighted by Crippen LogP contribution is -1.89. The van der Waals surface area contributed by atoms with E-state index in [9.17, 15) is 4.39 Å². The Morgan fingerprint density at radius 1 is 1.00 bits per heavy atom. The molecular formula is C18H12FN3OS. The number of rotatable bonds is 4. The van der Waals surface area contributed by atoms with Crippen molar-refractivity contribution in [3.8, 4) is 11.5 Å². The van der Waals surface area contributed by atoms with E-state index in [0.29, 0.717) is 16.9 Å². The summed E-state index contributed by atoms with van der Waals surface area (Å²) < 4.78 is 19.4. The third-order valence-electron chi connectivity index (χ3n) is 3.53. The number of hydrogen-bond donors (Lipinski definition) is 0. The van der Waals surface area contributed by atoms with Gasteiger partial charge in [-0.1, -0.05) is 36.0 Å². The molecule has 2 heterocycles. The molecule has 118 valence electrons. The fraction of sp³-hybridized carbons (Fsp3) is 0.0556. The van der Waals surface area contributed by atoms with Crippen molar-refractivity contribution in [1.82, 2.24) is 15.2 Å². The average molecular weight is 337 g/mol. The maximum Gasteiger partial charge on any atom is 0.277 e. The summed E-state index contributed by atoms with van der Waals surface area (Å²) in [6, 6.07) is 16.2. The molecule has 4 nitrogen and oxygen atoms in total. The van der Waals surface area contributed by atoms with Gasteiger partial charge in [0.2, 0.25) is 5.89 Å². The van der Waals surface area contributed by atoms with Crippen molar-refractivity contribution in [2.75, 3.05) is 0 Å². The zero-order valence-electron chi connectivity index (χ0n) is 12.5. The Labute approximate surface area is 141 Å². The quantitative estimate of drug-likeness (QED) is 0.505. The number of nitrogens with zero attached hydrogens (tertiary/aromatic N) is 3. The zero-order valence-corrected chi connectivity index (χ0v) is 13.3. The van der Waals surface area contributed by atoms with Gasteiger partial charge in [0.25, 0.3) is 5.22 Å². The molecule has 24 heavy (non-hydrogen) atoms. The minimum Gasteiger partial charge on any atom is -0.411 e. The monoisotopic (exact) mass is 337 g/mol. The molecule has 0 aliphatic carbocycles. The van der Waals surface area contributed by atoms with Crippen molar-refractivity contribution >= 4 is 22.7 Å². The molecule has 0 aliphatic rings. The molecular weight excluding hydrogens is 325 g/mol. The van der Waals surface area contributed by atoms with E-state index >= 15 is 0 Å². The fourth-order valence-electron chi connectivity index (χ4n) is 2.44. The van der Waals surface area contributed by atoms with Gasteiger partial charge in [-0.05, 0) is 35.9 Å². The second-order valence-electron chi connectivity index (χ2n) is 5.17. The third-order valence-corrected chi connectivity index (χ3v) is 4.39. The van der Waals surface area contributed by atoms with Gasteiger partial charge in [0.1, 0.15) is 5.82 Å². The molecule has 0 unspecified atom stereocenters. The molecule has 4 aromatic rings. The van der Waals surface area contributed by atoms with E-state index in [4.69, 9.17) is 4.42 Å². The van der Waals surface area contributed by atoms with Gasteiger partial charge < -0.3 is 4.42 Å². The third kappa shape index (κ3) is 3.00. The number of hydrogen-bond acceptors (Lipinski definition) is 5. The maximum absolute atomic E-state index is 13.8. The van der Waals surface area contributed by atoms with E-state index in [1.807, 2.05) is 36.4 Å². The largest absolute Gasteiger partial charge is 0.411 e. The summed E-state index contributed by atoms with van der Waals surface area (Å²) in [5, 5.41) is 9.32. The molecule has 0 atom stereocenters. The number of fused-ring (bicyclic) bond motifs is 1. The summed E-state index contributed by atoms with van der Waals surface area (Å²) in [6.07, 6.45) is 1.70. The molecule has 4 rings (SSSR count). The summed E-state index contributed by atoms with van der Waals surface area (Å²) >= 11 is 1.37. The van der Waals surface area contributed by atoms with E-state index < -0.39 is 0 Å². The number of pyridine rings is 1. The highest BCUT2D eigenvalue weighted by Gasteiger charge is 2.11. The average Bonchev–Trinajstić information content (AvgIpc) is 3.09. The molecule has 0 spiro atoms. The van der Waals surface area contributed by atoms with Crippen LogP contribution < -0.4 is 0 Å². The lowest BCUT2D eigenvalue weighted by Gasteiger charge is -2.04. The van der Waals surface area contributed by atoms with Gasteiger partial charge in [-0.25, -0.2) is 4.39 Å². The van der Waals surface area contributed by atoms with Crippen LogP contribution in [0.4, 0.5) is 4.39 Å². The van der Waals surface area contributed by atoms with Crippen molar-refractivity contribution in [3.63, 3.8) is 0 Å². The summed E-state index contributed by atoms with van der Waals surface area (Å²) in [5.41, 5.74) is 2.46. The van der Waals surface area contributed by atoms with Crippen LogP contribution >= 0.6 is 11.8 Å². The van der Waals surface area contributed by atoms with Crippen LogP contribution in [0.15, 0.2) is 70.4 Å². The molecule has 0 amide bonds. The Morgan fingerprint density at radius 2 is 1.88 bits per heavy atom. The summed E-state index contributed by atoms with van der Waals surface area (Å²) in [5.74, 6) is 0.698. The smallest absolute Gasteiger partial charge is 0.277 e. The standard InChI is InChI=1S/C18H12FN3OS/c19-15-9-13-7-4-8-20-16(13)14(10-15)11-24-18-22-21-17(23-18)12-5-2-1-3-6-12/h1-10H,11H2. The van der Waals surface area contributed by atoms with E-state index in [1.165, 1.54) is 23.9 Å². The van der Waals surface area contributed by atoms with Crippen molar-refractivity contribution in [1.29, 1.82) is 0 Å². The highest BCUT2D eigenvalue weighted by Crippen LogP contribution is 2.28. The molecule has 0 fully saturated rings. The number of thioether (sulfide) groups is 1. The summed E-state index contributed by atoms with van der Waals surface area (Å²) in [6.45, 7) is 0. The predicted octanol–water partition coefficient (Wildman–Crippen LogP) is 4.72. The van der Waals surface area contributed by atoms with Crippen LogP contribution in [0.2, 0.25) is 0 Å². The van der Waals surface area contributed by atoms with Crippen LogP contribution in [-0.2, 0) is 5.75 Å². The second-order valence-corrected chi connectivity index (χ2v) is 6.09. The van der Waals surface area contributed by atoms with Gasteiger partial charge in [-0.2, -0.15) is 0 Å². The molecule has 2 aromatic heterocycles. The number of aromatic nitrogens is 3. The topological polar surface area (TPSA) is 51.8 Å². The molecule has 0 saturated carbocycles. The van der Waals surface area contributed by atoms with Crippen LogP contribution in [0, 0.1) is 5.82 Å². The molecule has 2 aromatic carbocycles. The van der Waals surface area contributed by atoms with Gasteiger partial charge in [0.15, 0.2) is 0 Å². The van der Waals surface area contributed by atoms with Crippen molar-refractivity contribution in [3.05, 3.63) is 72.2 Å². The molecule has 6 heteroatoms. The highest BCUT2D eigenvalue weighted by atomic mass is 32.2. The SMILES string of the molecule is Fc1cc(CSc2nnc(-c3ccccc3)o2)c2ncccc2c1. The van der Waals surface area contributed by atoms with Crippen LogP contribution in [0.1, 0.15) is 5.56 Å². The maximum atomic E-state index is 13.8. The number of benzene rings is 2. The second kappa shape index (κ2) is 6.41. The Balaban J connectivity index is 1.57. The first-order valence-electron chi connectivity index (χ1n) is 7.34. The van der Waals surface area contributed by atoms with E-state index in [1.54, 1.807) is 12.3 Å². The number of halogens is 1. The van der Waals surface area contributed by atoms with Crippen molar-refractivity contribution in [2.24, 2.45) is 0 Å². The zero-order chi connectivity index (χ0) is 16.4. The Morgan fingerprint density at radius 3 is 2.75 bits per heavy atom. The van der Waals surface area contributed by atoms with Gasteiger partial charge in [0.05, 0.1) is 5.52 Å². The van der Waals surface area contributed by atoms with Crippen LogP contribution in [0.5, 0.6) is 0 Å². The first kappa shape index (κ1) is 14.8. The fourth-order valence-corrected chi connectivity index (χ4v) is 3.18. The lowest BCUT2D eigenvalue weighted by atomic mass is 10.1. The van der Waals surface area contributed by atoms with Crippen LogP contribution in [-0.4, -0.2) is 15.2 Å². The first-order valence-corrected chi connectivity index (χ1v) is 8.33. The normalized spacial score (nSPS) is 11.0. The predicted molar refractivity (Wildman–Crippen MR) is 91.0 cm³/mol. The molecule has 0 radical (unpaired) electrons. The summed E-state index contributed by atoms with van der Waals surface area (Å²) in [7, 11) is 0. The van der Waals surface area contributed by atoms with Gasteiger partial charge >= 0.3 is 0 Å². The lowest BCUT2D eigenvalue weighted by molar-refractivity contribution is 0.466.